The van der Waals surface area contributed by atoms with Crippen LogP contribution in [0.5, 0.6) is 0 Å². The van der Waals surface area contributed by atoms with Crippen LogP contribution < -0.4 is 0 Å². The molecule has 1 saturated carbocycles. The fourth-order valence-corrected chi connectivity index (χ4v) is 4.42. The summed E-state index contributed by atoms with van der Waals surface area (Å²) < 4.78 is 11.9. The molecular formula is C21H36N2O4. The molecule has 0 aromatic carbocycles. The average molecular weight is 381 g/mol. The molecule has 1 saturated heterocycles. The molecule has 2 aliphatic heterocycles. The van der Waals surface area contributed by atoms with Gasteiger partial charge < -0.3 is 24.4 Å². The molecule has 6 nitrogen and oxygen atoms in total. The quantitative estimate of drug-likeness (QED) is 0.687. The molecule has 154 valence electrons. The van der Waals surface area contributed by atoms with Crippen molar-refractivity contribution in [2.45, 2.75) is 57.7 Å². The van der Waals surface area contributed by atoms with Crippen LogP contribution in [0.15, 0.2) is 11.8 Å². The molecule has 0 aromatic rings. The minimum absolute atomic E-state index is 0.0209. The second kappa shape index (κ2) is 10.4. The Bertz CT molecular complexity index is 496. The van der Waals surface area contributed by atoms with E-state index in [-0.39, 0.29) is 18.8 Å². The highest BCUT2D eigenvalue weighted by Gasteiger charge is 2.34. The first-order chi connectivity index (χ1) is 13.2. The van der Waals surface area contributed by atoms with Crippen molar-refractivity contribution in [3.05, 3.63) is 11.8 Å². The number of ether oxygens (including phenoxy) is 2. The van der Waals surface area contributed by atoms with Crippen LogP contribution in [0.4, 0.5) is 0 Å². The maximum Gasteiger partial charge on any atom is 0.288 e. The Morgan fingerprint density at radius 1 is 1.19 bits per heavy atom. The zero-order chi connectivity index (χ0) is 19.1. The zero-order valence-corrected chi connectivity index (χ0v) is 16.8. The lowest BCUT2D eigenvalue weighted by Gasteiger charge is -2.37. The molecule has 6 heteroatoms. The van der Waals surface area contributed by atoms with E-state index in [2.05, 4.69) is 18.0 Å². The number of carbonyl (C=O) groups excluding carboxylic acids is 1. The first-order valence-corrected chi connectivity index (χ1v) is 10.8. The highest BCUT2D eigenvalue weighted by atomic mass is 16.7. The Morgan fingerprint density at radius 3 is 2.63 bits per heavy atom. The number of hydrogen-bond acceptors (Lipinski definition) is 5. The number of nitrogens with zero attached hydrogens (tertiary/aromatic N) is 2. The third kappa shape index (κ3) is 5.93. The summed E-state index contributed by atoms with van der Waals surface area (Å²) in [5, 5.41) is 8.94. The van der Waals surface area contributed by atoms with Crippen LogP contribution in [0.25, 0.3) is 0 Å². The molecule has 0 bridgehead atoms. The largest absolute Gasteiger partial charge is 0.459 e. The molecule has 3 aliphatic rings. The number of allylic oxidation sites excluding steroid dienone is 1. The van der Waals surface area contributed by atoms with Gasteiger partial charge in [-0.3, -0.25) is 4.79 Å². The van der Waals surface area contributed by atoms with Gasteiger partial charge in [0.2, 0.25) is 6.29 Å². The second-order valence-corrected chi connectivity index (χ2v) is 8.27. The lowest BCUT2D eigenvalue weighted by atomic mass is 9.77. The zero-order valence-electron chi connectivity index (χ0n) is 16.8. The Morgan fingerprint density at radius 2 is 1.93 bits per heavy atom. The Labute approximate surface area is 163 Å². The normalized spacial score (nSPS) is 27.9. The first kappa shape index (κ1) is 20.6. The molecule has 1 aliphatic carbocycles. The molecule has 1 amide bonds. The van der Waals surface area contributed by atoms with Crippen molar-refractivity contribution in [3.8, 4) is 0 Å². The topological polar surface area (TPSA) is 62.2 Å². The molecule has 0 radical (unpaired) electrons. The summed E-state index contributed by atoms with van der Waals surface area (Å²) in [5.41, 5.74) is 0. The van der Waals surface area contributed by atoms with Gasteiger partial charge in [0, 0.05) is 39.2 Å². The average Bonchev–Trinajstić information content (AvgIpc) is 2.72. The summed E-state index contributed by atoms with van der Waals surface area (Å²) in [6, 6.07) is 0. The van der Waals surface area contributed by atoms with Crippen molar-refractivity contribution in [1.29, 1.82) is 0 Å². The fourth-order valence-electron chi connectivity index (χ4n) is 4.42. The van der Waals surface area contributed by atoms with Gasteiger partial charge in [0.1, 0.15) is 0 Å². The minimum Gasteiger partial charge on any atom is -0.459 e. The lowest BCUT2D eigenvalue weighted by Crippen LogP contribution is -2.48. The number of aliphatic hydroxyl groups is 1. The number of rotatable bonds is 7. The Hall–Kier alpha value is -1.11. The molecule has 3 rings (SSSR count). The monoisotopic (exact) mass is 380 g/mol. The van der Waals surface area contributed by atoms with Crippen molar-refractivity contribution in [2.24, 2.45) is 11.8 Å². The van der Waals surface area contributed by atoms with E-state index in [0.29, 0.717) is 24.2 Å². The van der Waals surface area contributed by atoms with Crippen LogP contribution >= 0.6 is 0 Å². The van der Waals surface area contributed by atoms with Gasteiger partial charge >= 0.3 is 0 Å². The van der Waals surface area contributed by atoms with E-state index in [4.69, 9.17) is 14.6 Å². The molecule has 2 atom stereocenters. The van der Waals surface area contributed by atoms with E-state index >= 15 is 0 Å². The van der Waals surface area contributed by atoms with Crippen LogP contribution in [-0.4, -0.2) is 73.5 Å². The van der Waals surface area contributed by atoms with E-state index in [1.54, 1.807) is 0 Å². The van der Waals surface area contributed by atoms with E-state index in [9.17, 15) is 4.79 Å². The molecule has 2 fully saturated rings. The Balaban J connectivity index is 1.64. The molecule has 0 unspecified atom stereocenters. The maximum absolute atomic E-state index is 13.0. The summed E-state index contributed by atoms with van der Waals surface area (Å²) in [4.78, 5) is 17.2. The minimum atomic E-state index is -0.341. The summed E-state index contributed by atoms with van der Waals surface area (Å²) in [6.07, 6.45) is 10.6. The van der Waals surface area contributed by atoms with Gasteiger partial charge in [0.25, 0.3) is 5.91 Å². The summed E-state index contributed by atoms with van der Waals surface area (Å²) in [5.74, 6) is 1.52. The standard InChI is InChI=1S/C21H36N2O4/c1-22-9-11-23(12-10-22)21(25)19-15-18(17-7-3-2-4-8-17)16-20(27-19)26-14-6-5-13-24/h15,17-18,20,24H,2-14,16H2,1H3/t18-,20+/m1/s1. The molecule has 0 aromatic heterocycles. The summed E-state index contributed by atoms with van der Waals surface area (Å²) in [6.45, 7) is 4.09. The predicted molar refractivity (Wildman–Crippen MR) is 104 cm³/mol. The fraction of sp³-hybridized carbons (Fsp3) is 0.857. The van der Waals surface area contributed by atoms with Gasteiger partial charge in [-0.05, 0) is 50.6 Å². The SMILES string of the molecule is CN1CCN(C(=O)C2=C[C@@H](C3CCCCC3)C[C@@H](OCCCCO)O2)CC1. The number of piperazine rings is 1. The van der Waals surface area contributed by atoms with Crippen molar-refractivity contribution >= 4 is 5.91 Å². The van der Waals surface area contributed by atoms with Crippen LogP contribution in [0, 0.1) is 11.8 Å². The van der Waals surface area contributed by atoms with E-state index in [0.717, 1.165) is 45.4 Å². The van der Waals surface area contributed by atoms with Gasteiger partial charge in [-0.2, -0.15) is 0 Å². The van der Waals surface area contributed by atoms with Crippen molar-refractivity contribution in [3.63, 3.8) is 0 Å². The molecular weight excluding hydrogens is 344 g/mol. The van der Waals surface area contributed by atoms with Gasteiger partial charge in [-0.1, -0.05) is 19.3 Å². The highest BCUT2D eigenvalue weighted by molar-refractivity contribution is 5.91. The molecule has 1 N–H and O–H groups in total. The summed E-state index contributed by atoms with van der Waals surface area (Å²) in [7, 11) is 2.09. The molecule has 2 heterocycles. The second-order valence-electron chi connectivity index (χ2n) is 8.27. The molecule has 27 heavy (non-hydrogen) atoms. The predicted octanol–water partition coefficient (Wildman–Crippen LogP) is 2.38. The van der Waals surface area contributed by atoms with Crippen molar-refractivity contribution in [2.75, 3.05) is 46.4 Å². The van der Waals surface area contributed by atoms with Crippen molar-refractivity contribution < 1.29 is 19.4 Å². The van der Waals surface area contributed by atoms with Crippen LogP contribution in [-0.2, 0) is 14.3 Å². The van der Waals surface area contributed by atoms with E-state index in [1.165, 1.54) is 32.1 Å². The van der Waals surface area contributed by atoms with Crippen LogP contribution in [0.1, 0.15) is 51.4 Å². The summed E-state index contributed by atoms with van der Waals surface area (Å²) >= 11 is 0. The van der Waals surface area contributed by atoms with Crippen molar-refractivity contribution in [1.82, 2.24) is 9.80 Å². The van der Waals surface area contributed by atoms with Gasteiger partial charge in [0.05, 0.1) is 6.61 Å². The number of unbranched alkanes of at least 4 members (excludes halogenated alkanes) is 1. The van der Waals surface area contributed by atoms with E-state index in [1.807, 2.05) is 4.90 Å². The third-order valence-corrected chi connectivity index (χ3v) is 6.20. The number of hydrogen-bond donors (Lipinski definition) is 1. The van der Waals surface area contributed by atoms with Gasteiger partial charge in [0.15, 0.2) is 5.76 Å². The number of carbonyl (C=O) groups is 1. The lowest BCUT2D eigenvalue weighted by molar-refractivity contribution is -0.158. The maximum atomic E-state index is 13.0. The van der Waals surface area contributed by atoms with Gasteiger partial charge in [-0.15, -0.1) is 0 Å². The Kier molecular flexibility index (Phi) is 7.97. The smallest absolute Gasteiger partial charge is 0.288 e. The van der Waals surface area contributed by atoms with Gasteiger partial charge in [-0.25, -0.2) is 0 Å². The number of aliphatic hydroxyl groups excluding tert-OH is 1. The van der Waals surface area contributed by atoms with E-state index < -0.39 is 0 Å². The third-order valence-electron chi connectivity index (χ3n) is 6.20. The molecule has 0 spiro atoms. The number of amides is 1. The highest BCUT2D eigenvalue weighted by Crippen LogP contribution is 2.37. The first-order valence-electron chi connectivity index (χ1n) is 10.8. The van der Waals surface area contributed by atoms with Crippen LogP contribution in [0.2, 0.25) is 0 Å². The van der Waals surface area contributed by atoms with Crippen LogP contribution in [0.3, 0.4) is 0 Å². The number of likely N-dealkylation sites (N-methyl/N-ethyl adjacent to an activating group) is 1.